The van der Waals surface area contributed by atoms with Gasteiger partial charge in [-0.05, 0) is 54.5 Å². The number of carbonyl (C=O) groups is 1. The zero-order valence-electron chi connectivity index (χ0n) is 16.0. The van der Waals surface area contributed by atoms with Gasteiger partial charge in [0, 0.05) is 6.54 Å². The fraction of sp³-hybridized carbons (Fsp3) is 0.348. The lowest BCUT2D eigenvalue weighted by Gasteiger charge is -2.11. The Morgan fingerprint density at radius 1 is 1.08 bits per heavy atom. The number of benzene rings is 2. The predicted octanol–water partition coefficient (Wildman–Crippen LogP) is 4.88. The second-order valence-electron chi connectivity index (χ2n) is 6.47. The molecule has 138 valence electrons. The minimum atomic E-state index is -0.287. The lowest BCUT2D eigenvalue weighted by molar-refractivity contribution is -0.139. The Morgan fingerprint density at radius 2 is 1.85 bits per heavy atom. The standard InChI is InChI=1S/C23H29NO2/c1-4-13-24-22(23(25)26-14-5-2)17-20-12-11-18(3)21(16-20)15-19-9-7-6-8-10-19/h6-12,16-17,24H,4-5,13-15H2,1-3H3/b22-17-. The van der Waals surface area contributed by atoms with Crippen molar-refractivity contribution >= 4 is 12.0 Å². The zero-order valence-corrected chi connectivity index (χ0v) is 16.0. The van der Waals surface area contributed by atoms with Crippen molar-refractivity contribution in [1.29, 1.82) is 0 Å². The maximum absolute atomic E-state index is 12.3. The van der Waals surface area contributed by atoms with Crippen molar-refractivity contribution in [3.63, 3.8) is 0 Å². The first-order valence-corrected chi connectivity index (χ1v) is 9.40. The Labute approximate surface area is 157 Å². The summed E-state index contributed by atoms with van der Waals surface area (Å²) in [7, 11) is 0. The predicted molar refractivity (Wildman–Crippen MR) is 108 cm³/mol. The van der Waals surface area contributed by atoms with Gasteiger partial charge < -0.3 is 10.1 Å². The van der Waals surface area contributed by atoms with Gasteiger partial charge in [-0.15, -0.1) is 0 Å². The van der Waals surface area contributed by atoms with E-state index in [1.165, 1.54) is 16.7 Å². The van der Waals surface area contributed by atoms with E-state index in [-0.39, 0.29) is 5.97 Å². The average molecular weight is 351 g/mol. The largest absolute Gasteiger partial charge is 0.461 e. The molecule has 0 aliphatic heterocycles. The van der Waals surface area contributed by atoms with Gasteiger partial charge in [-0.1, -0.05) is 62.4 Å². The maximum atomic E-state index is 12.3. The topological polar surface area (TPSA) is 38.3 Å². The molecule has 0 bridgehead atoms. The molecule has 0 saturated heterocycles. The first-order valence-electron chi connectivity index (χ1n) is 9.40. The van der Waals surface area contributed by atoms with E-state index in [0.717, 1.165) is 31.4 Å². The fourth-order valence-corrected chi connectivity index (χ4v) is 2.67. The maximum Gasteiger partial charge on any atom is 0.354 e. The van der Waals surface area contributed by atoms with Gasteiger partial charge in [-0.25, -0.2) is 4.79 Å². The lowest BCUT2D eigenvalue weighted by Crippen LogP contribution is -2.23. The van der Waals surface area contributed by atoms with Crippen molar-refractivity contribution in [2.24, 2.45) is 0 Å². The fourth-order valence-electron chi connectivity index (χ4n) is 2.67. The third-order valence-electron chi connectivity index (χ3n) is 4.14. The Bertz CT molecular complexity index is 735. The number of hydrogen-bond acceptors (Lipinski definition) is 3. The molecule has 0 aromatic heterocycles. The monoisotopic (exact) mass is 351 g/mol. The van der Waals surface area contributed by atoms with Gasteiger partial charge >= 0.3 is 5.97 Å². The molecule has 2 rings (SSSR count). The Kier molecular flexibility index (Phi) is 7.94. The number of nitrogens with one attached hydrogen (secondary N) is 1. The first-order chi connectivity index (χ1) is 12.6. The first kappa shape index (κ1) is 19.8. The molecule has 0 aliphatic carbocycles. The molecule has 0 aliphatic rings. The number of esters is 1. The van der Waals surface area contributed by atoms with E-state index in [0.29, 0.717) is 12.3 Å². The molecular weight excluding hydrogens is 322 g/mol. The van der Waals surface area contributed by atoms with Crippen LogP contribution < -0.4 is 5.32 Å². The molecule has 1 N–H and O–H groups in total. The highest BCUT2D eigenvalue weighted by atomic mass is 16.5. The zero-order chi connectivity index (χ0) is 18.8. The summed E-state index contributed by atoms with van der Waals surface area (Å²) in [6.07, 6.45) is 4.54. The molecule has 0 spiro atoms. The smallest absolute Gasteiger partial charge is 0.354 e. The van der Waals surface area contributed by atoms with E-state index >= 15 is 0 Å². The number of rotatable bonds is 9. The number of hydrogen-bond donors (Lipinski definition) is 1. The summed E-state index contributed by atoms with van der Waals surface area (Å²) in [5, 5.41) is 3.20. The molecule has 2 aromatic carbocycles. The Balaban J connectivity index is 2.24. The van der Waals surface area contributed by atoms with Crippen LogP contribution in [0.15, 0.2) is 54.2 Å². The van der Waals surface area contributed by atoms with Gasteiger partial charge in [-0.3, -0.25) is 0 Å². The summed E-state index contributed by atoms with van der Waals surface area (Å²) in [5.74, 6) is -0.287. The van der Waals surface area contributed by atoms with Crippen LogP contribution in [0.4, 0.5) is 0 Å². The lowest BCUT2D eigenvalue weighted by atomic mass is 9.98. The second kappa shape index (κ2) is 10.4. The van der Waals surface area contributed by atoms with Crippen LogP contribution in [0.5, 0.6) is 0 Å². The quantitative estimate of drug-likeness (QED) is 0.517. The molecule has 0 amide bonds. The number of carbonyl (C=O) groups excluding carboxylic acids is 1. The van der Waals surface area contributed by atoms with Crippen LogP contribution in [0.3, 0.4) is 0 Å². The van der Waals surface area contributed by atoms with Crippen LogP contribution >= 0.6 is 0 Å². The molecule has 3 heteroatoms. The van der Waals surface area contributed by atoms with Crippen molar-refractivity contribution in [3.05, 3.63) is 76.5 Å². The van der Waals surface area contributed by atoms with E-state index in [9.17, 15) is 4.79 Å². The minimum absolute atomic E-state index is 0.287. The van der Waals surface area contributed by atoms with Crippen LogP contribution in [0.25, 0.3) is 6.08 Å². The van der Waals surface area contributed by atoms with Gasteiger partial charge in [-0.2, -0.15) is 0 Å². The van der Waals surface area contributed by atoms with Crippen molar-refractivity contribution < 1.29 is 9.53 Å². The Hall–Kier alpha value is -2.55. The normalized spacial score (nSPS) is 11.3. The molecule has 0 heterocycles. The molecule has 0 unspecified atom stereocenters. The van der Waals surface area contributed by atoms with Gasteiger partial charge in [0.25, 0.3) is 0 Å². The van der Waals surface area contributed by atoms with Crippen LogP contribution in [-0.4, -0.2) is 19.1 Å². The molecular formula is C23H29NO2. The Morgan fingerprint density at radius 3 is 2.54 bits per heavy atom. The molecule has 0 saturated carbocycles. The van der Waals surface area contributed by atoms with Gasteiger partial charge in [0.15, 0.2) is 0 Å². The van der Waals surface area contributed by atoms with Gasteiger partial charge in [0.1, 0.15) is 5.70 Å². The average Bonchev–Trinajstić information content (AvgIpc) is 2.66. The van der Waals surface area contributed by atoms with E-state index in [1.807, 2.05) is 25.1 Å². The highest BCUT2D eigenvalue weighted by Crippen LogP contribution is 2.18. The molecule has 2 aromatic rings. The van der Waals surface area contributed by atoms with Gasteiger partial charge in [0.2, 0.25) is 0 Å². The van der Waals surface area contributed by atoms with E-state index in [1.54, 1.807) is 0 Å². The third kappa shape index (κ3) is 6.07. The number of ether oxygens (including phenoxy) is 1. The van der Waals surface area contributed by atoms with E-state index in [4.69, 9.17) is 4.74 Å². The van der Waals surface area contributed by atoms with Crippen LogP contribution in [0.1, 0.15) is 48.9 Å². The highest BCUT2D eigenvalue weighted by molar-refractivity contribution is 5.93. The third-order valence-corrected chi connectivity index (χ3v) is 4.14. The van der Waals surface area contributed by atoms with E-state index < -0.39 is 0 Å². The summed E-state index contributed by atoms with van der Waals surface area (Å²) in [4.78, 5) is 12.3. The summed E-state index contributed by atoms with van der Waals surface area (Å²) in [6, 6.07) is 16.7. The SMILES string of the molecule is CCCN/C(=C\c1ccc(C)c(Cc2ccccc2)c1)C(=O)OCCC. The molecule has 3 nitrogen and oxygen atoms in total. The van der Waals surface area contributed by atoms with Crippen molar-refractivity contribution in [2.45, 2.75) is 40.0 Å². The summed E-state index contributed by atoms with van der Waals surface area (Å²) < 4.78 is 5.30. The molecule has 0 atom stereocenters. The van der Waals surface area contributed by atoms with E-state index in [2.05, 4.69) is 55.6 Å². The van der Waals surface area contributed by atoms with Crippen molar-refractivity contribution in [3.8, 4) is 0 Å². The van der Waals surface area contributed by atoms with Crippen molar-refractivity contribution in [2.75, 3.05) is 13.2 Å². The van der Waals surface area contributed by atoms with Crippen LogP contribution in [0, 0.1) is 6.92 Å². The van der Waals surface area contributed by atoms with Gasteiger partial charge in [0.05, 0.1) is 6.61 Å². The molecule has 26 heavy (non-hydrogen) atoms. The van der Waals surface area contributed by atoms with Crippen molar-refractivity contribution in [1.82, 2.24) is 5.32 Å². The van der Waals surface area contributed by atoms with Crippen LogP contribution in [0.2, 0.25) is 0 Å². The van der Waals surface area contributed by atoms with Crippen LogP contribution in [-0.2, 0) is 16.0 Å². The summed E-state index contributed by atoms with van der Waals surface area (Å²) >= 11 is 0. The number of aryl methyl sites for hydroxylation is 1. The summed E-state index contributed by atoms with van der Waals surface area (Å²) in [6.45, 7) is 7.38. The minimum Gasteiger partial charge on any atom is -0.461 e. The summed E-state index contributed by atoms with van der Waals surface area (Å²) in [5.41, 5.74) is 5.33. The highest BCUT2D eigenvalue weighted by Gasteiger charge is 2.11. The molecule has 0 fully saturated rings. The molecule has 0 radical (unpaired) electrons. The second-order valence-corrected chi connectivity index (χ2v) is 6.47.